The van der Waals surface area contributed by atoms with Gasteiger partial charge in [-0.25, -0.2) is 9.59 Å². The minimum atomic E-state index is -1.02. The molecule has 2 aromatic heterocycles. The van der Waals surface area contributed by atoms with Gasteiger partial charge in [0.2, 0.25) is 0 Å². The van der Waals surface area contributed by atoms with Crippen LogP contribution in [0, 0.1) is 0 Å². The van der Waals surface area contributed by atoms with E-state index in [2.05, 4.69) is 0 Å². The van der Waals surface area contributed by atoms with Gasteiger partial charge in [-0.05, 0) is 18.2 Å². The van der Waals surface area contributed by atoms with Gasteiger partial charge >= 0.3 is 11.7 Å². The van der Waals surface area contributed by atoms with E-state index in [0.717, 1.165) is 20.4 Å². The van der Waals surface area contributed by atoms with Crippen molar-refractivity contribution in [2.24, 2.45) is 7.05 Å². The fourth-order valence-corrected chi connectivity index (χ4v) is 2.54. The van der Waals surface area contributed by atoms with Gasteiger partial charge in [0.25, 0.3) is 5.56 Å². The van der Waals surface area contributed by atoms with E-state index >= 15 is 0 Å². The van der Waals surface area contributed by atoms with Gasteiger partial charge in [0, 0.05) is 35.1 Å². The van der Waals surface area contributed by atoms with Crippen molar-refractivity contribution in [1.29, 1.82) is 0 Å². The van der Waals surface area contributed by atoms with Gasteiger partial charge in [-0.15, -0.1) is 11.3 Å². The third kappa shape index (κ3) is 3.12. The Morgan fingerprint density at radius 1 is 1.35 bits per heavy atom. The minimum Gasteiger partial charge on any atom is -0.478 e. The summed E-state index contributed by atoms with van der Waals surface area (Å²) in [5.74, 6) is -1.02. The highest BCUT2D eigenvalue weighted by molar-refractivity contribution is 7.12. The zero-order valence-corrected chi connectivity index (χ0v) is 11.5. The lowest BCUT2D eigenvalue weighted by Gasteiger charge is -2.04. The maximum atomic E-state index is 11.9. The zero-order valence-electron chi connectivity index (χ0n) is 10.6. The first-order valence-corrected chi connectivity index (χ1v) is 6.55. The van der Waals surface area contributed by atoms with E-state index in [1.165, 1.54) is 34.2 Å². The number of thiophene rings is 1. The number of carbonyl (C=O) groups is 1. The van der Waals surface area contributed by atoms with Crippen molar-refractivity contribution in [2.45, 2.75) is 6.54 Å². The van der Waals surface area contributed by atoms with Gasteiger partial charge < -0.3 is 9.67 Å². The van der Waals surface area contributed by atoms with E-state index < -0.39 is 5.97 Å². The summed E-state index contributed by atoms with van der Waals surface area (Å²) in [6.07, 6.45) is 3.95. The van der Waals surface area contributed by atoms with E-state index in [-0.39, 0.29) is 17.8 Å². The van der Waals surface area contributed by atoms with Gasteiger partial charge in [0.05, 0.1) is 6.54 Å². The molecule has 0 spiro atoms. The maximum absolute atomic E-state index is 11.9. The standard InChI is InChI=1S/C13H12N2O4S/c1-14-7-6-11(16)15(13(14)19)8-10-3-2-9(20-10)4-5-12(17)18/h2-7H,8H2,1H3,(H,17,18). The number of aliphatic carboxylic acids is 1. The quantitative estimate of drug-likeness (QED) is 0.843. The van der Waals surface area contributed by atoms with Crippen LogP contribution in [0.1, 0.15) is 9.75 Å². The summed E-state index contributed by atoms with van der Waals surface area (Å²) < 4.78 is 2.47. The van der Waals surface area contributed by atoms with E-state index in [1.807, 2.05) is 0 Å². The van der Waals surface area contributed by atoms with Crippen molar-refractivity contribution in [2.75, 3.05) is 0 Å². The molecule has 104 valence electrons. The van der Waals surface area contributed by atoms with E-state index in [4.69, 9.17) is 5.11 Å². The van der Waals surface area contributed by atoms with Crippen LogP contribution in [0.2, 0.25) is 0 Å². The average Bonchev–Trinajstić information content (AvgIpc) is 2.85. The number of carboxylic acid groups (broad SMARTS) is 1. The molecule has 0 aliphatic carbocycles. The molecular formula is C13H12N2O4S. The molecule has 0 unspecified atom stereocenters. The monoisotopic (exact) mass is 292 g/mol. The number of aryl methyl sites for hydroxylation is 1. The number of hydrogen-bond donors (Lipinski definition) is 1. The number of carboxylic acids is 1. The highest BCUT2D eigenvalue weighted by Crippen LogP contribution is 2.18. The second-order valence-electron chi connectivity index (χ2n) is 4.11. The predicted octanol–water partition coefficient (Wildman–Crippen LogP) is 0.755. The molecule has 0 amide bonds. The topological polar surface area (TPSA) is 81.3 Å². The molecule has 0 fully saturated rings. The molecule has 6 nitrogen and oxygen atoms in total. The van der Waals surface area contributed by atoms with Crippen molar-refractivity contribution < 1.29 is 9.90 Å². The Labute approximate surface area is 117 Å². The highest BCUT2D eigenvalue weighted by atomic mass is 32.1. The second-order valence-corrected chi connectivity index (χ2v) is 5.31. The largest absolute Gasteiger partial charge is 0.478 e. The molecule has 0 aromatic carbocycles. The Hall–Kier alpha value is -2.41. The first-order valence-electron chi connectivity index (χ1n) is 5.73. The van der Waals surface area contributed by atoms with Gasteiger partial charge in [-0.3, -0.25) is 9.36 Å². The average molecular weight is 292 g/mol. The fourth-order valence-electron chi connectivity index (χ4n) is 1.64. The summed E-state index contributed by atoms with van der Waals surface area (Å²) in [4.78, 5) is 35.5. The SMILES string of the molecule is Cn1ccc(=O)n(Cc2ccc(C=CC(=O)O)s2)c1=O. The molecule has 0 bridgehead atoms. The third-order valence-electron chi connectivity index (χ3n) is 2.63. The number of rotatable bonds is 4. The Bertz CT molecular complexity index is 782. The lowest BCUT2D eigenvalue weighted by atomic mass is 10.4. The van der Waals surface area contributed by atoms with E-state index in [0.29, 0.717) is 0 Å². The molecule has 1 N–H and O–H groups in total. The third-order valence-corrected chi connectivity index (χ3v) is 3.66. The normalized spacial score (nSPS) is 11.1. The Balaban J connectivity index is 2.28. The smallest absolute Gasteiger partial charge is 0.331 e. The molecule has 0 aliphatic rings. The van der Waals surface area contributed by atoms with E-state index in [1.54, 1.807) is 19.2 Å². The van der Waals surface area contributed by atoms with Crippen molar-refractivity contribution in [3.8, 4) is 0 Å². The number of nitrogens with zero attached hydrogens (tertiary/aromatic N) is 2. The number of aromatic nitrogens is 2. The molecule has 0 saturated carbocycles. The lowest BCUT2D eigenvalue weighted by Crippen LogP contribution is -2.37. The van der Waals surface area contributed by atoms with Gasteiger partial charge in [0.15, 0.2) is 0 Å². The first-order chi connectivity index (χ1) is 9.47. The van der Waals surface area contributed by atoms with Crippen LogP contribution in [-0.4, -0.2) is 20.2 Å². The fraction of sp³-hybridized carbons (Fsp3) is 0.154. The van der Waals surface area contributed by atoms with Crippen LogP contribution >= 0.6 is 11.3 Å². The van der Waals surface area contributed by atoms with Gasteiger partial charge in [0.1, 0.15) is 0 Å². The molecule has 2 aromatic rings. The number of hydrogen-bond acceptors (Lipinski definition) is 4. The molecule has 0 radical (unpaired) electrons. The van der Waals surface area contributed by atoms with Crippen LogP contribution in [0.5, 0.6) is 0 Å². The van der Waals surface area contributed by atoms with Crippen molar-refractivity contribution in [3.05, 3.63) is 61.1 Å². The summed E-state index contributed by atoms with van der Waals surface area (Å²) in [5.41, 5.74) is -0.738. The van der Waals surface area contributed by atoms with Crippen molar-refractivity contribution in [1.82, 2.24) is 9.13 Å². The Morgan fingerprint density at radius 2 is 2.10 bits per heavy atom. The van der Waals surface area contributed by atoms with Gasteiger partial charge in [-0.1, -0.05) is 0 Å². The van der Waals surface area contributed by atoms with Crippen LogP contribution in [0.15, 0.2) is 40.1 Å². The molecule has 20 heavy (non-hydrogen) atoms. The van der Waals surface area contributed by atoms with E-state index in [9.17, 15) is 14.4 Å². The molecule has 2 heterocycles. The summed E-state index contributed by atoms with van der Waals surface area (Å²) >= 11 is 1.33. The maximum Gasteiger partial charge on any atom is 0.331 e. The lowest BCUT2D eigenvalue weighted by molar-refractivity contribution is -0.131. The Kier molecular flexibility index (Phi) is 3.99. The van der Waals surface area contributed by atoms with Crippen LogP contribution in [0.25, 0.3) is 6.08 Å². The molecule has 0 atom stereocenters. The summed E-state index contributed by atoms with van der Waals surface area (Å²) in [7, 11) is 1.58. The molecule has 0 saturated heterocycles. The summed E-state index contributed by atoms with van der Waals surface area (Å²) in [5, 5.41) is 8.55. The Morgan fingerprint density at radius 3 is 2.80 bits per heavy atom. The van der Waals surface area contributed by atoms with Crippen LogP contribution in [-0.2, 0) is 18.4 Å². The minimum absolute atomic E-state index is 0.178. The molecule has 2 rings (SSSR count). The first kappa shape index (κ1) is 14.0. The van der Waals surface area contributed by atoms with Gasteiger partial charge in [-0.2, -0.15) is 0 Å². The summed E-state index contributed by atoms with van der Waals surface area (Å²) in [6.45, 7) is 0.178. The van der Waals surface area contributed by atoms with Crippen LogP contribution < -0.4 is 11.2 Å². The molecular weight excluding hydrogens is 280 g/mol. The van der Waals surface area contributed by atoms with Crippen LogP contribution in [0.3, 0.4) is 0 Å². The summed E-state index contributed by atoms with van der Waals surface area (Å²) in [6, 6.07) is 4.85. The van der Waals surface area contributed by atoms with Crippen molar-refractivity contribution >= 4 is 23.4 Å². The molecule has 7 heteroatoms. The second kappa shape index (κ2) is 5.70. The zero-order chi connectivity index (χ0) is 14.7. The highest BCUT2D eigenvalue weighted by Gasteiger charge is 2.05. The van der Waals surface area contributed by atoms with Crippen molar-refractivity contribution in [3.63, 3.8) is 0 Å². The van der Waals surface area contributed by atoms with Crippen LogP contribution in [0.4, 0.5) is 0 Å². The predicted molar refractivity (Wildman–Crippen MR) is 76.0 cm³/mol. The molecule has 0 aliphatic heterocycles.